The van der Waals surface area contributed by atoms with E-state index in [2.05, 4.69) is 15.9 Å². The largest absolute Gasteiger partial charge is 0.467 e. The maximum absolute atomic E-state index is 13.2. The van der Waals surface area contributed by atoms with E-state index in [-0.39, 0.29) is 16.2 Å². The van der Waals surface area contributed by atoms with E-state index in [1.54, 1.807) is 17.2 Å². The van der Waals surface area contributed by atoms with Gasteiger partial charge in [0.2, 0.25) is 0 Å². The fraction of sp³-hybridized carbons (Fsp3) is 0.214. The molecule has 0 radical (unpaired) electrons. The van der Waals surface area contributed by atoms with E-state index in [0.29, 0.717) is 18.7 Å². The van der Waals surface area contributed by atoms with Crippen LogP contribution in [0.15, 0.2) is 45.5 Å². The lowest BCUT2D eigenvalue weighted by Crippen LogP contribution is -2.30. The maximum atomic E-state index is 13.2. The predicted molar refractivity (Wildman–Crippen MR) is 73.2 cm³/mol. The molecule has 19 heavy (non-hydrogen) atoms. The summed E-state index contributed by atoms with van der Waals surface area (Å²) in [5, 5.41) is 0. The van der Waals surface area contributed by atoms with Gasteiger partial charge in [-0.2, -0.15) is 0 Å². The molecule has 0 bridgehead atoms. The Bertz CT molecular complexity index is 569. The van der Waals surface area contributed by atoms with Gasteiger partial charge < -0.3 is 9.32 Å². The summed E-state index contributed by atoms with van der Waals surface area (Å²) in [5.41, 5.74) is 0.446. The molecule has 2 aromatic rings. The number of hydrogen-bond acceptors (Lipinski definition) is 2. The van der Waals surface area contributed by atoms with Crippen LogP contribution in [-0.4, -0.2) is 17.4 Å². The first-order valence-corrected chi connectivity index (χ1v) is 6.68. The molecule has 0 aliphatic rings. The fourth-order valence-corrected chi connectivity index (χ4v) is 2.11. The molecule has 0 aliphatic heterocycles. The Morgan fingerprint density at radius 3 is 2.79 bits per heavy atom. The summed E-state index contributed by atoms with van der Waals surface area (Å²) in [4.78, 5) is 13.9. The highest BCUT2D eigenvalue weighted by Crippen LogP contribution is 2.18. The van der Waals surface area contributed by atoms with Crippen molar-refractivity contribution in [3.63, 3.8) is 0 Å². The van der Waals surface area contributed by atoms with Gasteiger partial charge in [-0.3, -0.25) is 4.79 Å². The second-order valence-electron chi connectivity index (χ2n) is 4.03. The van der Waals surface area contributed by atoms with Crippen LogP contribution in [0.4, 0.5) is 4.39 Å². The van der Waals surface area contributed by atoms with E-state index >= 15 is 0 Å². The van der Waals surface area contributed by atoms with Crippen molar-refractivity contribution in [1.29, 1.82) is 0 Å². The van der Waals surface area contributed by atoms with Crippen LogP contribution in [0.5, 0.6) is 0 Å². The molecule has 0 atom stereocenters. The fourth-order valence-electron chi connectivity index (χ4n) is 1.73. The monoisotopic (exact) mass is 325 g/mol. The smallest absolute Gasteiger partial charge is 0.254 e. The molecule has 5 heteroatoms. The Hall–Kier alpha value is -1.62. The van der Waals surface area contributed by atoms with Crippen molar-refractivity contribution in [2.24, 2.45) is 0 Å². The number of carbonyl (C=O) groups excluding carboxylic acids is 1. The van der Waals surface area contributed by atoms with Crippen LogP contribution in [0.2, 0.25) is 0 Å². The summed E-state index contributed by atoms with van der Waals surface area (Å²) in [6.07, 6.45) is 1.57. The zero-order chi connectivity index (χ0) is 13.8. The normalized spacial score (nSPS) is 10.5. The Balaban J connectivity index is 2.18. The first-order chi connectivity index (χ1) is 9.11. The molecule has 1 heterocycles. The molecule has 100 valence electrons. The lowest BCUT2D eigenvalue weighted by atomic mass is 10.2. The molecule has 1 aromatic heterocycles. The number of rotatable bonds is 4. The molecule has 0 saturated carbocycles. The van der Waals surface area contributed by atoms with E-state index in [1.807, 2.05) is 13.0 Å². The molecule has 1 amide bonds. The molecular weight excluding hydrogens is 313 g/mol. The first kappa shape index (κ1) is 13.8. The van der Waals surface area contributed by atoms with Gasteiger partial charge in [0, 0.05) is 12.1 Å². The minimum Gasteiger partial charge on any atom is -0.467 e. The number of nitrogens with zero attached hydrogens (tertiary/aromatic N) is 1. The second-order valence-corrected chi connectivity index (χ2v) is 4.88. The third-order valence-electron chi connectivity index (χ3n) is 2.76. The third kappa shape index (κ3) is 3.23. The van der Waals surface area contributed by atoms with Gasteiger partial charge in [-0.05, 0) is 53.2 Å². The van der Waals surface area contributed by atoms with Gasteiger partial charge in [0.15, 0.2) is 0 Å². The molecule has 0 fully saturated rings. The van der Waals surface area contributed by atoms with E-state index in [4.69, 9.17) is 4.42 Å². The zero-order valence-electron chi connectivity index (χ0n) is 10.4. The summed E-state index contributed by atoms with van der Waals surface area (Å²) in [6, 6.07) is 7.84. The standard InChI is InChI=1S/C14H13BrFNO2/c1-2-17(9-11-4-3-7-19-11)14(18)10-5-6-13(16)12(15)8-10/h3-8H,2,9H2,1H3. The SMILES string of the molecule is CCN(Cc1ccco1)C(=O)c1ccc(F)c(Br)c1. The van der Waals surface area contributed by atoms with Crippen LogP contribution in [0.25, 0.3) is 0 Å². The number of carbonyl (C=O) groups is 1. The van der Waals surface area contributed by atoms with Crippen molar-refractivity contribution in [2.75, 3.05) is 6.54 Å². The Labute approximate surface area is 119 Å². The highest BCUT2D eigenvalue weighted by molar-refractivity contribution is 9.10. The second kappa shape index (κ2) is 6.02. The van der Waals surface area contributed by atoms with Crippen LogP contribution < -0.4 is 0 Å². The van der Waals surface area contributed by atoms with Gasteiger partial charge in [0.25, 0.3) is 5.91 Å². The maximum Gasteiger partial charge on any atom is 0.254 e. The minimum atomic E-state index is -0.384. The van der Waals surface area contributed by atoms with Crippen molar-refractivity contribution < 1.29 is 13.6 Å². The first-order valence-electron chi connectivity index (χ1n) is 5.88. The van der Waals surface area contributed by atoms with Crippen LogP contribution in [-0.2, 0) is 6.54 Å². The van der Waals surface area contributed by atoms with Gasteiger partial charge in [0.05, 0.1) is 17.3 Å². The van der Waals surface area contributed by atoms with E-state index in [0.717, 1.165) is 5.76 Å². The molecule has 1 aromatic carbocycles. The van der Waals surface area contributed by atoms with E-state index < -0.39 is 0 Å². The lowest BCUT2D eigenvalue weighted by Gasteiger charge is -2.19. The molecule has 3 nitrogen and oxygen atoms in total. The molecule has 0 unspecified atom stereocenters. The Morgan fingerprint density at radius 1 is 1.42 bits per heavy atom. The lowest BCUT2D eigenvalue weighted by molar-refractivity contribution is 0.0741. The van der Waals surface area contributed by atoms with Crippen molar-refractivity contribution in [1.82, 2.24) is 4.90 Å². The summed E-state index contributed by atoms with van der Waals surface area (Å²) in [5.74, 6) is 0.182. The predicted octanol–water partition coefficient (Wildman–Crippen LogP) is 3.84. The summed E-state index contributed by atoms with van der Waals surface area (Å²) >= 11 is 3.08. The third-order valence-corrected chi connectivity index (χ3v) is 3.37. The zero-order valence-corrected chi connectivity index (χ0v) is 12.0. The quantitative estimate of drug-likeness (QED) is 0.855. The van der Waals surface area contributed by atoms with Crippen LogP contribution in [0, 0.1) is 5.82 Å². The highest BCUT2D eigenvalue weighted by Gasteiger charge is 2.16. The molecule has 0 spiro atoms. The number of benzene rings is 1. The van der Waals surface area contributed by atoms with Crippen molar-refractivity contribution >= 4 is 21.8 Å². The summed E-state index contributed by atoms with van der Waals surface area (Å²) in [6.45, 7) is 2.84. The average Bonchev–Trinajstić information content (AvgIpc) is 2.91. The average molecular weight is 326 g/mol. The number of amides is 1. The van der Waals surface area contributed by atoms with Crippen LogP contribution >= 0.6 is 15.9 Å². The van der Waals surface area contributed by atoms with Gasteiger partial charge in [0.1, 0.15) is 11.6 Å². The number of hydrogen-bond donors (Lipinski definition) is 0. The van der Waals surface area contributed by atoms with Crippen molar-refractivity contribution in [3.8, 4) is 0 Å². The summed E-state index contributed by atoms with van der Waals surface area (Å²) in [7, 11) is 0. The summed E-state index contributed by atoms with van der Waals surface area (Å²) < 4.78 is 18.7. The van der Waals surface area contributed by atoms with Crippen molar-refractivity contribution in [2.45, 2.75) is 13.5 Å². The Morgan fingerprint density at radius 2 is 2.21 bits per heavy atom. The van der Waals surface area contributed by atoms with E-state index in [9.17, 15) is 9.18 Å². The van der Waals surface area contributed by atoms with Gasteiger partial charge in [-0.1, -0.05) is 0 Å². The highest BCUT2D eigenvalue weighted by atomic mass is 79.9. The molecular formula is C14H13BrFNO2. The van der Waals surface area contributed by atoms with Gasteiger partial charge in [-0.25, -0.2) is 4.39 Å². The van der Waals surface area contributed by atoms with Gasteiger partial charge >= 0.3 is 0 Å². The van der Waals surface area contributed by atoms with Gasteiger partial charge in [-0.15, -0.1) is 0 Å². The number of furan rings is 1. The molecule has 0 N–H and O–H groups in total. The van der Waals surface area contributed by atoms with Crippen LogP contribution in [0.1, 0.15) is 23.0 Å². The minimum absolute atomic E-state index is 0.153. The van der Waals surface area contributed by atoms with E-state index in [1.165, 1.54) is 18.2 Å². The molecule has 2 rings (SSSR count). The Kier molecular flexibility index (Phi) is 4.37. The molecule has 0 saturated heterocycles. The van der Waals surface area contributed by atoms with Crippen LogP contribution in [0.3, 0.4) is 0 Å². The molecule has 0 aliphatic carbocycles. The van der Waals surface area contributed by atoms with Crippen molar-refractivity contribution in [3.05, 3.63) is 58.2 Å². The topological polar surface area (TPSA) is 33.5 Å². The number of halogens is 2.